The van der Waals surface area contributed by atoms with E-state index in [9.17, 15) is 14.7 Å². The van der Waals surface area contributed by atoms with Crippen LogP contribution >= 0.6 is 0 Å². The van der Waals surface area contributed by atoms with Gasteiger partial charge in [0.05, 0.1) is 6.61 Å². The first-order valence-electron chi connectivity index (χ1n) is 9.02. The number of rotatable bonds is 12. The van der Waals surface area contributed by atoms with Gasteiger partial charge in [-0.3, -0.25) is 0 Å². The molecule has 0 bridgehead atoms. The van der Waals surface area contributed by atoms with E-state index in [2.05, 4.69) is 5.32 Å². The number of benzene rings is 1. The molecule has 10 nitrogen and oxygen atoms in total. The predicted molar refractivity (Wildman–Crippen MR) is 104 cm³/mol. The predicted octanol–water partition coefficient (Wildman–Crippen LogP) is -0.509. The molecule has 0 amide bonds. The Balaban J connectivity index is 0.000000665. The van der Waals surface area contributed by atoms with E-state index in [1.807, 2.05) is 38.1 Å². The summed E-state index contributed by atoms with van der Waals surface area (Å²) >= 11 is 0. The van der Waals surface area contributed by atoms with E-state index < -0.39 is 30.3 Å². The van der Waals surface area contributed by atoms with Gasteiger partial charge in [-0.15, -0.1) is 0 Å². The summed E-state index contributed by atoms with van der Waals surface area (Å²) in [5.74, 6) is -2.76. The lowest BCUT2D eigenvalue weighted by Crippen LogP contribution is -2.39. The van der Waals surface area contributed by atoms with Gasteiger partial charge < -0.3 is 40.3 Å². The van der Waals surface area contributed by atoms with Crippen LogP contribution in [0.1, 0.15) is 19.4 Å². The maximum atomic E-state index is 9.77. The van der Waals surface area contributed by atoms with Gasteiger partial charge in [-0.2, -0.15) is 0 Å². The Hall–Kier alpha value is -2.24. The zero-order valence-corrected chi connectivity index (χ0v) is 16.8. The lowest BCUT2D eigenvalue weighted by atomic mass is 10.1. The highest BCUT2D eigenvalue weighted by atomic mass is 16.5. The first kappa shape index (κ1) is 26.8. The molecule has 1 rings (SSSR count). The zero-order chi connectivity index (χ0) is 22.4. The smallest absolute Gasteiger partial charge is 0.335 e. The number of nitrogens with one attached hydrogen (secondary N) is 1. The number of aliphatic hydroxyl groups excluding tert-OH is 3. The Morgan fingerprint density at radius 3 is 1.93 bits per heavy atom. The molecule has 0 radical (unpaired) electrons. The van der Waals surface area contributed by atoms with Gasteiger partial charge in [0.25, 0.3) is 0 Å². The lowest BCUT2D eigenvalue weighted by Gasteiger charge is -2.15. The van der Waals surface area contributed by atoms with Crippen LogP contribution in [0.15, 0.2) is 24.3 Å². The van der Waals surface area contributed by atoms with E-state index in [0.29, 0.717) is 19.2 Å². The summed E-state index contributed by atoms with van der Waals surface area (Å²) in [5, 5.41) is 45.4. The number of ether oxygens (including phenoxy) is 2. The minimum absolute atomic E-state index is 0.303. The molecule has 0 saturated carbocycles. The van der Waals surface area contributed by atoms with Crippen molar-refractivity contribution in [1.29, 1.82) is 0 Å². The van der Waals surface area contributed by atoms with Gasteiger partial charge >= 0.3 is 11.9 Å². The Morgan fingerprint density at radius 1 is 1.00 bits per heavy atom. The SMILES string of the molecule is COCCc1ccc(OC[C@@H](O)CNC(C)C)cc1.O=C(O)[C@H](O)[C@@H](O)C(=O)O. The normalized spacial score (nSPS) is 13.8. The highest BCUT2D eigenvalue weighted by Gasteiger charge is 2.29. The molecule has 0 fully saturated rings. The van der Waals surface area contributed by atoms with E-state index in [1.165, 1.54) is 5.56 Å². The second kappa shape index (κ2) is 14.7. The molecular weight excluding hydrogens is 386 g/mol. The molecule has 0 aliphatic rings. The Labute approximate surface area is 169 Å². The third-order valence-corrected chi connectivity index (χ3v) is 3.53. The number of aliphatic hydroxyl groups is 3. The summed E-state index contributed by atoms with van der Waals surface area (Å²) < 4.78 is 10.6. The molecule has 166 valence electrons. The summed E-state index contributed by atoms with van der Waals surface area (Å²) in [6.45, 7) is 5.67. The summed E-state index contributed by atoms with van der Waals surface area (Å²) in [7, 11) is 1.70. The average Bonchev–Trinajstić information content (AvgIpc) is 2.68. The molecule has 0 saturated heterocycles. The van der Waals surface area contributed by atoms with Crippen LogP contribution in [0.2, 0.25) is 0 Å². The van der Waals surface area contributed by atoms with Crippen LogP contribution in [-0.4, -0.2) is 88.7 Å². The van der Waals surface area contributed by atoms with Crippen molar-refractivity contribution in [2.45, 2.75) is 44.6 Å². The van der Waals surface area contributed by atoms with Crippen molar-refractivity contribution in [3.63, 3.8) is 0 Å². The second-order valence-electron chi connectivity index (χ2n) is 6.48. The molecule has 0 unspecified atom stereocenters. The van der Waals surface area contributed by atoms with Crippen LogP contribution in [0.25, 0.3) is 0 Å². The molecule has 0 heterocycles. The maximum Gasteiger partial charge on any atom is 0.335 e. The Kier molecular flexibility index (Phi) is 13.6. The van der Waals surface area contributed by atoms with E-state index in [4.69, 9.17) is 29.9 Å². The minimum Gasteiger partial charge on any atom is -0.491 e. The third-order valence-electron chi connectivity index (χ3n) is 3.53. The van der Waals surface area contributed by atoms with Crippen molar-refractivity contribution in [2.24, 2.45) is 0 Å². The third kappa shape index (κ3) is 12.8. The molecule has 3 atom stereocenters. The second-order valence-corrected chi connectivity index (χ2v) is 6.48. The number of hydrogen-bond acceptors (Lipinski definition) is 8. The topological polar surface area (TPSA) is 166 Å². The fourth-order valence-corrected chi connectivity index (χ4v) is 1.87. The van der Waals surface area contributed by atoms with Crippen LogP contribution in [0.5, 0.6) is 5.75 Å². The van der Waals surface area contributed by atoms with Crippen molar-refractivity contribution in [2.75, 3.05) is 26.9 Å². The molecule has 10 heteroatoms. The summed E-state index contributed by atoms with van der Waals surface area (Å²) in [5.41, 5.74) is 1.22. The van der Waals surface area contributed by atoms with E-state index in [1.54, 1.807) is 7.11 Å². The van der Waals surface area contributed by atoms with Gasteiger partial charge in [0.2, 0.25) is 0 Å². The number of hydrogen-bond donors (Lipinski definition) is 6. The van der Waals surface area contributed by atoms with Crippen LogP contribution < -0.4 is 10.1 Å². The number of aliphatic carboxylic acids is 2. The summed E-state index contributed by atoms with van der Waals surface area (Å²) in [6, 6.07) is 8.26. The van der Waals surface area contributed by atoms with Crippen molar-refractivity contribution in [1.82, 2.24) is 5.32 Å². The summed E-state index contributed by atoms with van der Waals surface area (Å²) in [6.07, 6.45) is -4.12. The zero-order valence-electron chi connectivity index (χ0n) is 16.8. The molecule has 29 heavy (non-hydrogen) atoms. The molecule has 1 aromatic rings. The molecule has 1 aromatic carbocycles. The van der Waals surface area contributed by atoms with Crippen LogP contribution in [0.3, 0.4) is 0 Å². The summed E-state index contributed by atoms with van der Waals surface area (Å²) in [4.78, 5) is 19.5. The van der Waals surface area contributed by atoms with Crippen molar-refractivity contribution in [3.8, 4) is 5.75 Å². The molecule has 0 spiro atoms. The Morgan fingerprint density at radius 2 is 1.52 bits per heavy atom. The number of methoxy groups -OCH3 is 1. The van der Waals surface area contributed by atoms with Gasteiger partial charge in [0, 0.05) is 19.7 Å². The lowest BCUT2D eigenvalue weighted by molar-refractivity contribution is -0.165. The fourth-order valence-electron chi connectivity index (χ4n) is 1.87. The van der Waals surface area contributed by atoms with Gasteiger partial charge in [-0.1, -0.05) is 26.0 Å². The van der Waals surface area contributed by atoms with Crippen molar-refractivity contribution < 1.29 is 44.6 Å². The van der Waals surface area contributed by atoms with Crippen LogP contribution in [0.4, 0.5) is 0 Å². The monoisotopic (exact) mass is 417 g/mol. The molecule has 0 aromatic heterocycles. The first-order valence-corrected chi connectivity index (χ1v) is 9.02. The van der Waals surface area contributed by atoms with Gasteiger partial charge in [-0.25, -0.2) is 9.59 Å². The fraction of sp³-hybridized carbons (Fsp3) is 0.579. The highest BCUT2D eigenvalue weighted by Crippen LogP contribution is 2.12. The quantitative estimate of drug-likeness (QED) is 0.261. The van der Waals surface area contributed by atoms with E-state index >= 15 is 0 Å². The van der Waals surface area contributed by atoms with Crippen molar-refractivity contribution >= 4 is 11.9 Å². The first-order chi connectivity index (χ1) is 13.6. The molecule has 6 N–H and O–H groups in total. The van der Waals surface area contributed by atoms with Gasteiger partial charge in [0.15, 0.2) is 12.2 Å². The molecular formula is C19H31NO9. The minimum atomic E-state index is -2.27. The van der Waals surface area contributed by atoms with Crippen molar-refractivity contribution in [3.05, 3.63) is 29.8 Å². The van der Waals surface area contributed by atoms with E-state index in [0.717, 1.165) is 18.8 Å². The van der Waals surface area contributed by atoms with E-state index in [-0.39, 0.29) is 0 Å². The number of carbonyl (C=O) groups is 2. The van der Waals surface area contributed by atoms with Gasteiger partial charge in [0.1, 0.15) is 18.5 Å². The molecule has 0 aliphatic heterocycles. The molecule has 0 aliphatic carbocycles. The highest BCUT2D eigenvalue weighted by molar-refractivity contribution is 5.83. The Bertz CT molecular complexity index is 574. The number of carboxylic acids is 2. The van der Waals surface area contributed by atoms with Gasteiger partial charge in [-0.05, 0) is 24.1 Å². The van der Waals surface area contributed by atoms with Crippen LogP contribution in [-0.2, 0) is 20.7 Å². The maximum absolute atomic E-state index is 9.77. The van der Waals surface area contributed by atoms with Crippen LogP contribution in [0, 0.1) is 0 Å². The average molecular weight is 417 g/mol. The standard InChI is InChI=1S/C15H25NO3.C4H6O6/c1-12(2)16-10-14(17)11-19-15-6-4-13(5-7-15)8-9-18-3;5-1(3(7)8)2(6)4(9)10/h4-7,12,14,16-17H,8-11H2,1-3H3;1-2,5-6H,(H,7,8)(H,9,10)/t14-;1-,2-/m01/s1. The number of carboxylic acid groups (broad SMARTS) is 2. The largest absolute Gasteiger partial charge is 0.491 e.